The van der Waals surface area contributed by atoms with Crippen molar-refractivity contribution in [3.8, 4) is 11.5 Å². The Morgan fingerprint density at radius 2 is 1.83 bits per heavy atom. The molecule has 0 bridgehead atoms. The molecule has 1 unspecified atom stereocenters. The molecule has 1 saturated carbocycles. The number of rotatable bonds is 8. The second kappa shape index (κ2) is 10.5. The number of nitrogens with zero attached hydrogens (tertiary/aromatic N) is 1. The van der Waals surface area contributed by atoms with Gasteiger partial charge in [-0.05, 0) is 43.9 Å². The van der Waals surface area contributed by atoms with Crippen LogP contribution in [0.2, 0.25) is 0 Å². The van der Waals surface area contributed by atoms with Crippen molar-refractivity contribution in [3.05, 3.63) is 23.8 Å². The van der Waals surface area contributed by atoms with Crippen LogP contribution in [-0.4, -0.2) is 62.8 Å². The third kappa shape index (κ3) is 5.85. The highest BCUT2D eigenvalue weighted by atomic mass is 16.5. The molecule has 1 N–H and O–H groups in total. The molecule has 1 aromatic carbocycles. The number of ether oxygens (including phenoxy) is 3. The Kier molecular flexibility index (Phi) is 7.75. The first-order valence-corrected chi connectivity index (χ1v) is 10.5. The first-order valence-electron chi connectivity index (χ1n) is 10.5. The van der Waals surface area contributed by atoms with Crippen LogP contribution < -0.4 is 14.8 Å². The van der Waals surface area contributed by atoms with Gasteiger partial charge in [0.1, 0.15) is 0 Å². The van der Waals surface area contributed by atoms with Crippen LogP contribution in [-0.2, 0) is 9.53 Å². The molecule has 7 nitrogen and oxygen atoms in total. The van der Waals surface area contributed by atoms with Crippen molar-refractivity contribution in [2.45, 2.75) is 57.1 Å². The SMILES string of the molecule is COc1ccc(C(=O)N(CC(=O)NC2CCCCC2)CC2CCCO2)cc1OC. The van der Waals surface area contributed by atoms with Crippen LogP contribution in [0.3, 0.4) is 0 Å². The summed E-state index contributed by atoms with van der Waals surface area (Å²) in [4.78, 5) is 27.5. The van der Waals surface area contributed by atoms with Crippen LogP contribution in [0.15, 0.2) is 18.2 Å². The standard InChI is InChI=1S/C22H32N2O5/c1-27-19-11-10-16(13-20(19)28-2)22(26)24(14-18-9-6-12-29-18)15-21(25)23-17-7-4-3-5-8-17/h10-11,13,17-18H,3-9,12,14-15H2,1-2H3,(H,23,25). The van der Waals surface area contributed by atoms with Crippen molar-refractivity contribution < 1.29 is 23.8 Å². The highest BCUT2D eigenvalue weighted by molar-refractivity contribution is 5.97. The van der Waals surface area contributed by atoms with Crippen molar-refractivity contribution in [3.63, 3.8) is 0 Å². The molecule has 1 aliphatic heterocycles. The van der Waals surface area contributed by atoms with Crippen LogP contribution in [0.1, 0.15) is 55.3 Å². The summed E-state index contributed by atoms with van der Waals surface area (Å²) in [6.45, 7) is 1.14. The number of nitrogens with one attached hydrogen (secondary N) is 1. The summed E-state index contributed by atoms with van der Waals surface area (Å²) in [5, 5.41) is 3.10. The number of hydrogen-bond acceptors (Lipinski definition) is 5. The van der Waals surface area contributed by atoms with Crippen LogP contribution >= 0.6 is 0 Å². The molecule has 1 saturated heterocycles. The van der Waals surface area contributed by atoms with E-state index in [2.05, 4.69) is 5.32 Å². The molecule has 3 rings (SSSR count). The maximum atomic E-state index is 13.2. The molecular formula is C22H32N2O5. The monoisotopic (exact) mass is 404 g/mol. The van der Waals surface area contributed by atoms with Gasteiger partial charge < -0.3 is 24.4 Å². The van der Waals surface area contributed by atoms with Gasteiger partial charge in [-0.15, -0.1) is 0 Å². The maximum absolute atomic E-state index is 13.2. The van der Waals surface area contributed by atoms with Gasteiger partial charge in [-0.25, -0.2) is 0 Å². The first kappa shape index (κ1) is 21.4. The van der Waals surface area contributed by atoms with Gasteiger partial charge in [0.15, 0.2) is 11.5 Å². The molecule has 0 spiro atoms. The third-order valence-corrected chi connectivity index (χ3v) is 5.67. The van der Waals surface area contributed by atoms with E-state index in [0.717, 1.165) is 38.5 Å². The normalized spacial score (nSPS) is 19.6. The van der Waals surface area contributed by atoms with Gasteiger partial charge >= 0.3 is 0 Å². The van der Waals surface area contributed by atoms with Gasteiger partial charge in [-0.2, -0.15) is 0 Å². The summed E-state index contributed by atoms with van der Waals surface area (Å²) in [5.41, 5.74) is 0.464. The zero-order chi connectivity index (χ0) is 20.6. The fourth-order valence-corrected chi connectivity index (χ4v) is 4.10. The van der Waals surface area contributed by atoms with Gasteiger partial charge in [0.2, 0.25) is 5.91 Å². The molecule has 0 aromatic heterocycles. The molecule has 1 aromatic rings. The summed E-state index contributed by atoms with van der Waals surface area (Å²) in [5.74, 6) is 0.732. The number of methoxy groups -OCH3 is 2. The van der Waals surface area contributed by atoms with Crippen LogP contribution in [0.4, 0.5) is 0 Å². The summed E-state index contributed by atoms with van der Waals surface area (Å²) < 4.78 is 16.3. The Bertz CT molecular complexity index is 696. The van der Waals surface area contributed by atoms with Crippen LogP contribution in [0, 0.1) is 0 Å². The number of carbonyl (C=O) groups excluding carboxylic acids is 2. The zero-order valence-corrected chi connectivity index (χ0v) is 17.4. The van der Waals surface area contributed by atoms with Crippen molar-refractivity contribution in [1.29, 1.82) is 0 Å². The van der Waals surface area contributed by atoms with E-state index < -0.39 is 0 Å². The van der Waals surface area contributed by atoms with E-state index in [9.17, 15) is 9.59 Å². The van der Waals surface area contributed by atoms with E-state index in [4.69, 9.17) is 14.2 Å². The Balaban J connectivity index is 1.71. The van der Waals surface area contributed by atoms with E-state index in [0.29, 0.717) is 30.2 Å². The number of carbonyl (C=O) groups is 2. The van der Waals surface area contributed by atoms with E-state index in [1.165, 1.54) is 13.5 Å². The maximum Gasteiger partial charge on any atom is 0.254 e. The zero-order valence-electron chi connectivity index (χ0n) is 17.4. The number of hydrogen-bond donors (Lipinski definition) is 1. The lowest BCUT2D eigenvalue weighted by Crippen LogP contribution is -2.46. The van der Waals surface area contributed by atoms with Crippen molar-refractivity contribution in [2.75, 3.05) is 33.9 Å². The molecule has 160 valence electrons. The lowest BCUT2D eigenvalue weighted by molar-refractivity contribution is -0.123. The minimum atomic E-state index is -0.208. The van der Waals surface area contributed by atoms with Crippen LogP contribution in [0.25, 0.3) is 0 Å². The molecule has 2 aliphatic rings. The molecule has 7 heteroatoms. The highest BCUT2D eigenvalue weighted by Gasteiger charge is 2.27. The van der Waals surface area contributed by atoms with Gasteiger partial charge in [-0.1, -0.05) is 19.3 Å². The summed E-state index contributed by atoms with van der Waals surface area (Å²) in [6.07, 6.45) is 7.42. The Morgan fingerprint density at radius 1 is 1.07 bits per heavy atom. The summed E-state index contributed by atoms with van der Waals surface area (Å²) >= 11 is 0. The highest BCUT2D eigenvalue weighted by Crippen LogP contribution is 2.28. The minimum absolute atomic E-state index is 0.0263. The van der Waals surface area contributed by atoms with E-state index in [-0.39, 0.29) is 30.5 Å². The first-order chi connectivity index (χ1) is 14.1. The molecular weight excluding hydrogens is 372 g/mol. The predicted molar refractivity (Wildman–Crippen MR) is 109 cm³/mol. The molecule has 1 heterocycles. The molecule has 2 fully saturated rings. The fraction of sp³-hybridized carbons (Fsp3) is 0.636. The Labute approximate surface area is 172 Å². The van der Waals surface area contributed by atoms with Gasteiger partial charge in [0.05, 0.1) is 26.9 Å². The van der Waals surface area contributed by atoms with Gasteiger partial charge in [0.25, 0.3) is 5.91 Å². The smallest absolute Gasteiger partial charge is 0.254 e. The minimum Gasteiger partial charge on any atom is -0.493 e. The molecule has 29 heavy (non-hydrogen) atoms. The van der Waals surface area contributed by atoms with Crippen LogP contribution in [0.5, 0.6) is 11.5 Å². The van der Waals surface area contributed by atoms with Crippen molar-refractivity contribution in [2.24, 2.45) is 0 Å². The third-order valence-electron chi connectivity index (χ3n) is 5.67. The molecule has 1 aliphatic carbocycles. The van der Waals surface area contributed by atoms with E-state index in [1.54, 1.807) is 30.2 Å². The quantitative estimate of drug-likeness (QED) is 0.721. The van der Waals surface area contributed by atoms with Crippen molar-refractivity contribution in [1.82, 2.24) is 10.2 Å². The van der Waals surface area contributed by atoms with E-state index in [1.807, 2.05) is 0 Å². The average Bonchev–Trinajstić information content (AvgIpc) is 3.26. The lowest BCUT2D eigenvalue weighted by atomic mass is 9.95. The topological polar surface area (TPSA) is 77.1 Å². The number of benzene rings is 1. The Hall–Kier alpha value is -2.28. The summed E-state index contributed by atoms with van der Waals surface area (Å²) in [6, 6.07) is 5.28. The van der Waals surface area contributed by atoms with Gasteiger partial charge in [0, 0.05) is 24.8 Å². The van der Waals surface area contributed by atoms with E-state index >= 15 is 0 Å². The predicted octanol–water partition coefficient (Wildman–Crippen LogP) is 2.77. The second-order valence-electron chi connectivity index (χ2n) is 7.79. The number of amides is 2. The molecule has 2 amide bonds. The molecule has 0 radical (unpaired) electrons. The lowest BCUT2D eigenvalue weighted by Gasteiger charge is -2.28. The fourth-order valence-electron chi connectivity index (χ4n) is 4.10. The largest absolute Gasteiger partial charge is 0.493 e. The second-order valence-corrected chi connectivity index (χ2v) is 7.79. The Morgan fingerprint density at radius 3 is 2.48 bits per heavy atom. The van der Waals surface area contributed by atoms with Gasteiger partial charge in [-0.3, -0.25) is 9.59 Å². The summed E-state index contributed by atoms with van der Waals surface area (Å²) in [7, 11) is 3.09. The average molecular weight is 405 g/mol. The van der Waals surface area contributed by atoms with Crippen molar-refractivity contribution >= 4 is 11.8 Å². The molecule has 1 atom stereocenters.